The molecule has 4 aromatic rings. The first-order chi connectivity index (χ1) is 14.9. The lowest BCUT2D eigenvalue weighted by molar-refractivity contribution is -0.115. The van der Waals surface area contributed by atoms with Gasteiger partial charge in [-0.25, -0.2) is 13.8 Å². The summed E-state index contributed by atoms with van der Waals surface area (Å²) in [5, 5.41) is 12.5. The van der Waals surface area contributed by atoms with E-state index in [4.69, 9.17) is 4.42 Å². The number of thiazole rings is 1. The van der Waals surface area contributed by atoms with Gasteiger partial charge in [0, 0.05) is 16.5 Å². The standard InChI is InChI=1S/C21H16F2N4O2S2/c1-11-4-3-5-14(8-11)19-26-27-21(29-19)31-12(2)18(28)25-20-24-17(10-30-20)13-6-7-15(22)16(23)9-13/h3-10,12H,1-2H3,(H,24,25,28)/t12-/m1/s1. The zero-order valence-corrected chi connectivity index (χ0v) is 18.1. The minimum atomic E-state index is -0.953. The first-order valence-electron chi connectivity index (χ1n) is 9.18. The van der Waals surface area contributed by atoms with Crippen molar-refractivity contribution in [2.75, 3.05) is 5.32 Å². The Kier molecular flexibility index (Phi) is 6.10. The Hall–Kier alpha value is -3.11. The molecule has 31 heavy (non-hydrogen) atoms. The number of hydrogen-bond donors (Lipinski definition) is 1. The molecule has 0 unspecified atom stereocenters. The van der Waals surface area contributed by atoms with E-state index >= 15 is 0 Å². The predicted octanol–water partition coefficient (Wildman–Crippen LogP) is 5.57. The highest BCUT2D eigenvalue weighted by Crippen LogP contribution is 2.29. The number of aromatic nitrogens is 3. The van der Waals surface area contributed by atoms with Crippen molar-refractivity contribution in [2.45, 2.75) is 24.3 Å². The quantitative estimate of drug-likeness (QED) is 0.381. The van der Waals surface area contributed by atoms with Crippen molar-refractivity contribution < 1.29 is 18.0 Å². The van der Waals surface area contributed by atoms with Crippen molar-refractivity contribution in [2.24, 2.45) is 0 Å². The van der Waals surface area contributed by atoms with E-state index in [2.05, 4.69) is 20.5 Å². The van der Waals surface area contributed by atoms with Crippen LogP contribution >= 0.6 is 23.1 Å². The molecule has 0 spiro atoms. The number of hydrogen-bond acceptors (Lipinski definition) is 7. The van der Waals surface area contributed by atoms with Crippen LogP contribution in [0.1, 0.15) is 12.5 Å². The number of aryl methyl sites for hydroxylation is 1. The lowest BCUT2D eigenvalue weighted by Crippen LogP contribution is -2.22. The molecule has 1 N–H and O–H groups in total. The van der Waals surface area contributed by atoms with Crippen molar-refractivity contribution >= 4 is 34.1 Å². The van der Waals surface area contributed by atoms with Crippen LogP contribution in [0.2, 0.25) is 0 Å². The van der Waals surface area contributed by atoms with Crippen LogP contribution in [0.3, 0.4) is 0 Å². The van der Waals surface area contributed by atoms with Gasteiger partial charge in [-0.15, -0.1) is 21.5 Å². The summed E-state index contributed by atoms with van der Waals surface area (Å²) in [6, 6.07) is 11.2. The summed E-state index contributed by atoms with van der Waals surface area (Å²) >= 11 is 2.32. The van der Waals surface area contributed by atoms with Gasteiger partial charge >= 0.3 is 0 Å². The van der Waals surface area contributed by atoms with Crippen LogP contribution in [0.15, 0.2) is 57.5 Å². The lowest BCUT2D eigenvalue weighted by Gasteiger charge is -2.07. The van der Waals surface area contributed by atoms with Gasteiger partial charge in [0.2, 0.25) is 11.8 Å². The number of rotatable bonds is 6. The number of amides is 1. The third-order valence-corrected chi connectivity index (χ3v) is 5.96. The smallest absolute Gasteiger partial charge is 0.277 e. The van der Waals surface area contributed by atoms with E-state index in [0.717, 1.165) is 35.0 Å². The molecule has 0 saturated heterocycles. The van der Waals surface area contributed by atoms with Crippen LogP contribution in [0.25, 0.3) is 22.7 Å². The summed E-state index contributed by atoms with van der Waals surface area (Å²) in [5.41, 5.74) is 2.75. The third kappa shape index (κ3) is 4.97. The van der Waals surface area contributed by atoms with E-state index in [0.29, 0.717) is 22.3 Å². The molecule has 4 rings (SSSR count). The second-order valence-electron chi connectivity index (χ2n) is 6.66. The predicted molar refractivity (Wildman–Crippen MR) is 116 cm³/mol. The number of benzene rings is 2. The fraction of sp³-hybridized carbons (Fsp3) is 0.143. The van der Waals surface area contributed by atoms with Crippen molar-refractivity contribution in [1.82, 2.24) is 15.2 Å². The van der Waals surface area contributed by atoms with E-state index in [-0.39, 0.29) is 11.1 Å². The summed E-state index contributed by atoms with van der Waals surface area (Å²) in [4.78, 5) is 16.8. The van der Waals surface area contributed by atoms with E-state index in [1.54, 1.807) is 12.3 Å². The number of anilines is 1. The van der Waals surface area contributed by atoms with Crippen LogP contribution in [0.4, 0.5) is 13.9 Å². The topological polar surface area (TPSA) is 80.9 Å². The van der Waals surface area contributed by atoms with Crippen LogP contribution < -0.4 is 5.32 Å². The van der Waals surface area contributed by atoms with E-state index in [9.17, 15) is 13.6 Å². The molecule has 158 valence electrons. The van der Waals surface area contributed by atoms with Crippen LogP contribution in [0, 0.1) is 18.6 Å². The molecule has 0 aliphatic rings. The minimum Gasteiger partial charge on any atom is -0.411 e. The molecule has 0 bridgehead atoms. The Morgan fingerprint density at radius 3 is 2.74 bits per heavy atom. The van der Waals surface area contributed by atoms with Crippen LogP contribution in [-0.4, -0.2) is 26.3 Å². The molecule has 0 aliphatic carbocycles. The molecule has 2 heterocycles. The maximum absolute atomic E-state index is 13.4. The van der Waals surface area contributed by atoms with Crippen molar-refractivity contribution in [3.05, 3.63) is 65.0 Å². The molecule has 2 aromatic heterocycles. The summed E-state index contributed by atoms with van der Waals surface area (Å²) in [6.45, 7) is 3.68. The average molecular weight is 459 g/mol. The van der Waals surface area contributed by atoms with Crippen molar-refractivity contribution in [3.63, 3.8) is 0 Å². The summed E-state index contributed by atoms with van der Waals surface area (Å²) in [5.74, 6) is -1.79. The SMILES string of the molecule is Cc1cccc(-c2nnc(S[C@H](C)C(=O)Nc3nc(-c4ccc(F)c(F)c4)cs3)o2)c1. The van der Waals surface area contributed by atoms with Crippen LogP contribution in [0.5, 0.6) is 0 Å². The molecule has 10 heteroatoms. The number of nitrogens with one attached hydrogen (secondary N) is 1. The average Bonchev–Trinajstić information content (AvgIpc) is 3.40. The van der Waals surface area contributed by atoms with Crippen molar-refractivity contribution in [3.8, 4) is 22.7 Å². The normalized spacial score (nSPS) is 12.0. The number of carbonyl (C=O) groups excluding carboxylic acids is 1. The monoisotopic (exact) mass is 458 g/mol. The van der Waals surface area contributed by atoms with Gasteiger partial charge in [-0.1, -0.05) is 29.5 Å². The molecule has 6 nitrogen and oxygen atoms in total. The highest BCUT2D eigenvalue weighted by Gasteiger charge is 2.20. The van der Waals surface area contributed by atoms with Gasteiger partial charge in [-0.3, -0.25) is 4.79 Å². The number of thioether (sulfide) groups is 1. The van der Waals surface area contributed by atoms with Gasteiger partial charge in [0.15, 0.2) is 16.8 Å². The van der Waals surface area contributed by atoms with Gasteiger partial charge in [0.05, 0.1) is 10.9 Å². The Morgan fingerprint density at radius 2 is 1.97 bits per heavy atom. The van der Waals surface area contributed by atoms with E-state index in [1.807, 2.05) is 31.2 Å². The summed E-state index contributed by atoms with van der Waals surface area (Å²) < 4.78 is 32.2. The van der Waals surface area contributed by atoms with Gasteiger partial charge in [0.1, 0.15) is 0 Å². The zero-order chi connectivity index (χ0) is 22.0. The van der Waals surface area contributed by atoms with Gasteiger partial charge in [-0.2, -0.15) is 0 Å². The minimum absolute atomic E-state index is 0.278. The molecule has 0 fully saturated rings. The number of carbonyl (C=O) groups is 1. The molecule has 1 amide bonds. The van der Waals surface area contributed by atoms with E-state index in [1.165, 1.54) is 17.4 Å². The van der Waals surface area contributed by atoms with Gasteiger partial charge in [-0.05, 0) is 44.2 Å². The fourth-order valence-corrected chi connectivity index (χ4v) is 4.09. The van der Waals surface area contributed by atoms with Crippen molar-refractivity contribution in [1.29, 1.82) is 0 Å². The van der Waals surface area contributed by atoms with Gasteiger partial charge < -0.3 is 9.73 Å². The molecule has 0 aliphatic heterocycles. The number of nitrogens with zero attached hydrogens (tertiary/aromatic N) is 3. The fourth-order valence-electron chi connectivity index (χ4n) is 2.68. The Morgan fingerprint density at radius 1 is 1.13 bits per heavy atom. The lowest BCUT2D eigenvalue weighted by atomic mass is 10.1. The molecule has 1 atom stereocenters. The molecule has 0 saturated carbocycles. The second kappa shape index (κ2) is 8.94. The molecule has 0 radical (unpaired) electrons. The highest BCUT2D eigenvalue weighted by atomic mass is 32.2. The maximum Gasteiger partial charge on any atom is 0.277 e. The summed E-state index contributed by atoms with van der Waals surface area (Å²) in [6.07, 6.45) is 0. The number of halogens is 2. The largest absolute Gasteiger partial charge is 0.411 e. The Balaban J connectivity index is 1.39. The first-order valence-corrected chi connectivity index (χ1v) is 10.9. The Bertz CT molecular complexity index is 1240. The first kappa shape index (κ1) is 21.1. The maximum atomic E-state index is 13.4. The second-order valence-corrected chi connectivity index (χ2v) is 8.81. The molecular weight excluding hydrogens is 442 g/mol. The van der Waals surface area contributed by atoms with Crippen LogP contribution in [-0.2, 0) is 4.79 Å². The molecule has 2 aromatic carbocycles. The summed E-state index contributed by atoms with van der Waals surface area (Å²) in [7, 11) is 0. The van der Waals surface area contributed by atoms with Gasteiger partial charge in [0.25, 0.3) is 5.22 Å². The Labute approximate surface area is 184 Å². The third-order valence-electron chi connectivity index (χ3n) is 4.27. The zero-order valence-electron chi connectivity index (χ0n) is 16.4. The molecular formula is C21H16F2N4O2S2. The highest BCUT2D eigenvalue weighted by molar-refractivity contribution is 8.00. The van der Waals surface area contributed by atoms with E-state index < -0.39 is 16.9 Å².